The van der Waals surface area contributed by atoms with Crippen LogP contribution < -0.4 is 5.32 Å². The summed E-state index contributed by atoms with van der Waals surface area (Å²) in [6.45, 7) is 1.93. The number of aliphatic imine (C=N–C) groups is 1. The molecule has 174 valence electrons. The third-order valence-electron chi connectivity index (χ3n) is 7.22. The Morgan fingerprint density at radius 1 is 1.30 bits per heavy atom. The van der Waals surface area contributed by atoms with Gasteiger partial charge in [0.05, 0.1) is 30.8 Å². The Morgan fingerprint density at radius 3 is 2.82 bits per heavy atom. The van der Waals surface area contributed by atoms with E-state index in [0.29, 0.717) is 34.3 Å². The number of hydrogen-bond donors (Lipinski definition) is 1. The fourth-order valence-corrected chi connectivity index (χ4v) is 6.69. The smallest absolute Gasteiger partial charge is 0.338 e. The van der Waals surface area contributed by atoms with Gasteiger partial charge in [-0.1, -0.05) is 37.2 Å². The number of carbonyl (C=O) groups is 2. The number of esters is 1. The highest BCUT2D eigenvalue weighted by Crippen LogP contribution is 2.46. The summed E-state index contributed by atoms with van der Waals surface area (Å²) in [5, 5.41) is 5.85. The minimum atomic E-state index is -0.604. The Bertz CT molecular complexity index is 1080. The molecule has 4 atom stereocenters. The van der Waals surface area contributed by atoms with Crippen LogP contribution in [-0.2, 0) is 14.3 Å². The van der Waals surface area contributed by atoms with Gasteiger partial charge in [0.15, 0.2) is 5.17 Å². The second kappa shape index (κ2) is 8.97. The molecule has 2 fully saturated rings. The number of fused-ring (bicyclic) bond motifs is 3. The van der Waals surface area contributed by atoms with Gasteiger partial charge >= 0.3 is 5.97 Å². The first-order chi connectivity index (χ1) is 16.0. The molecule has 0 aromatic heterocycles. The second-order valence-electron chi connectivity index (χ2n) is 9.18. The molecule has 0 radical (unpaired) electrons. The summed E-state index contributed by atoms with van der Waals surface area (Å²) in [5.41, 5.74) is 2.38. The number of carbonyl (C=O) groups excluding carboxylic acids is 2. The zero-order valence-electron chi connectivity index (χ0n) is 18.8. The maximum Gasteiger partial charge on any atom is 0.338 e. The molecule has 2 aliphatic carbocycles. The lowest BCUT2D eigenvalue weighted by molar-refractivity contribution is -0.136. The molecule has 1 N–H and O–H groups in total. The fraction of sp³-hybridized carbons (Fsp3) is 0.480. The third-order valence-corrected chi connectivity index (χ3v) is 8.11. The average Bonchev–Trinajstić information content (AvgIpc) is 3.53. The number of amidine groups is 1. The largest absolute Gasteiger partial charge is 0.466 e. The lowest BCUT2D eigenvalue weighted by Gasteiger charge is -2.36. The predicted octanol–water partition coefficient (Wildman–Crippen LogP) is 4.66. The van der Waals surface area contributed by atoms with Crippen molar-refractivity contribution in [2.45, 2.75) is 57.5 Å². The number of nitrogens with one attached hydrogen (secondary N) is 1. The Hall–Kier alpha value is -2.61. The summed E-state index contributed by atoms with van der Waals surface area (Å²) in [6.07, 6.45) is 5.49. The molecule has 0 spiro atoms. The fourth-order valence-electron chi connectivity index (χ4n) is 5.75. The lowest BCUT2D eigenvalue weighted by Crippen LogP contribution is -2.41. The molecule has 1 aromatic carbocycles. The molecule has 33 heavy (non-hydrogen) atoms. The van der Waals surface area contributed by atoms with Crippen LogP contribution in [0.5, 0.6) is 0 Å². The SMILES string of the molecule is CCC1=C(C(=O)OC)[C@@H](c2cccc(F)c2)N2C(CC(=O)N[C@@H]3C[C@H]4CC[C@H]3C4)=CSC2=N1. The van der Waals surface area contributed by atoms with Gasteiger partial charge in [-0.3, -0.25) is 4.79 Å². The van der Waals surface area contributed by atoms with Crippen LogP contribution in [0.2, 0.25) is 0 Å². The van der Waals surface area contributed by atoms with Gasteiger partial charge in [0.1, 0.15) is 5.82 Å². The highest BCUT2D eigenvalue weighted by molar-refractivity contribution is 8.16. The molecular formula is C25H28FN3O3S. The molecular weight excluding hydrogens is 441 g/mol. The lowest BCUT2D eigenvalue weighted by atomic mass is 9.92. The van der Waals surface area contributed by atoms with Crippen LogP contribution in [0.3, 0.4) is 0 Å². The number of methoxy groups -OCH3 is 1. The van der Waals surface area contributed by atoms with Crippen LogP contribution in [0.15, 0.2) is 51.6 Å². The number of rotatable bonds is 6. The van der Waals surface area contributed by atoms with E-state index >= 15 is 0 Å². The molecule has 0 saturated heterocycles. The normalized spacial score (nSPS) is 27.9. The van der Waals surface area contributed by atoms with E-state index in [1.165, 1.54) is 50.3 Å². The summed E-state index contributed by atoms with van der Waals surface area (Å²) < 4.78 is 19.3. The Morgan fingerprint density at radius 2 is 2.15 bits per heavy atom. The zero-order chi connectivity index (χ0) is 23.1. The molecule has 0 unspecified atom stereocenters. The van der Waals surface area contributed by atoms with Crippen LogP contribution in [-0.4, -0.2) is 35.1 Å². The van der Waals surface area contributed by atoms with E-state index in [1.807, 2.05) is 17.2 Å². The molecule has 8 heteroatoms. The molecule has 2 aliphatic heterocycles. The minimum Gasteiger partial charge on any atom is -0.466 e. The van der Waals surface area contributed by atoms with Crippen molar-refractivity contribution in [1.82, 2.24) is 10.2 Å². The quantitative estimate of drug-likeness (QED) is 0.614. The second-order valence-corrected chi connectivity index (χ2v) is 10.0. The minimum absolute atomic E-state index is 0.0245. The standard InChI is InChI=1S/C25H28FN3O3S/c1-3-19-22(24(31)32-2)23(16-5-4-6-17(26)11-16)29-18(13-33-25(29)28-19)12-21(30)27-20-10-14-7-8-15(20)9-14/h4-6,11,13-15,20,23H,3,7-10,12H2,1-2H3,(H,27,30)/t14-,15-,20+,23+/m0/s1. The van der Waals surface area contributed by atoms with Gasteiger partial charge in [-0.2, -0.15) is 0 Å². The van der Waals surface area contributed by atoms with Gasteiger partial charge in [0.2, 0.25) is 5.91 Å². The van der Waals surface area contributed by atoms with Crippen molar-refractivity contribution in [2.75, 3.05) is 7.11 Å². The molecule has 2 bridgehead atoms. The summed E-state index contributed by atoms with van der Waals surface area (Å²) in [7, 11) is 1.34. The van der Waals surface area contributed by atoms with Crippen molar-refractivity contribution >= 4 is 28.8 Å². The first-order valence-corrected chi connectivity index (χ1v) is 12.5. The number of amides is 1. The van der Waals surface area contributed by atoms with Crippen molar-refractivity contribution in [2.24, 2.45) is 16.8 Å². The van der Waals surface area contributed by atoms with E-state index in [2.05, 4.69) is 5.32 Å². The topological polar surface area (TPSA) is 71.0 Å². The highest BCUT2D eigenvalue weighted by atomic mass is 32.2. The van der Waals surface area contributed by atoms with Crippen LogP contribution in [0.4, 0.5) is 4.39 Å². The van der Waals surface area contributed by atoms with Crippen LogP contribution >= 0.6 is 11.8 Å². The molecule has 1 amide bonds. The summed E-state index contributed by atoms with van der Waals surface area (Å²) in [6, 6.07) is 5.89. The van der Waals surface area contributed by atoms with Crippen molar-refractivity contribution in [3.63, 3.8) is 0 Å². The van der Waals surface area contributed by atoms with Gasteiger partial charge in [-0.15, -0.1) is 0 Å². The maximum absolute atomic E-state index is 14.2. The first-order valence-electron chi connectivity index (χ1n) is 11.6. The number of benzene rings is 1. The van der Waals surface area contributed by atoms with E-state index in [0.717, 1.165) is 18.0 Å². The highest BCUT2D eigenvalue weighted by Gasteiger charge is 2.43. The van der Waals surface area contributed by atoms with Gasteiger partial charge in [0, 0.05) is 11.7 Å². The van der Waals surface area contributed by atoms with Gasteiger partial charge in [0.25, 0.3) is 0 Å². The zero-order valence-corrected chi connectivity index (χ0v) is 19.7. The van der Waals surface area contributed by atoms with Crippen molar-refractivity contribution in [3.8, 4) is 0 Å². The number of nitrogens with zero attached hydrogens (tertiary/aromatic N) is 2. The first kappa shape index (κ1) is 22.2. The number of ether oxygens (including phenoxy) is 1. The van der Waals surface area contributed by atoms with Crippen molar-refractivity contribution in [3.05, 3.63) is 58.0 Å². The van der Waals surface area contributed by atoms with E-state index < -0.39 is 12.0 Å². The predicted molar refractivity (Wildman–Crippen MR) is 125 cm³/mol. The van der Waals surface area contributed by atoms with E-state index in [4.69, 9.17) is 9.73 Å². The molecule has 2 heterocycles. The number of allylic oxidation sites excluding steroid dienone is 1. The van der Waals surface area contributed by atoms with E-state index in [-0.39, 0.29) is 24.2 Å². The summed E-state index contributed by atoms with van der Waals surface area (Å²) in [5.74, 6) is 0.444. The van der Waals surface area contributed by atoms with Gasteiger partial charge in [-0.25, -0.2) is 14.2 Å². The van der Waals surface area contributed by atoms with Gasteiger partial charge in [-0.05, 0) is 60.6 Å². The summed E-state index contributed by atoms with van der Waals surface area (Å²) in [4.78, 5) is 32.5. The Labute approximate surface area is 197 Å². The molecule has 6 nitrogen and oxygen atoms in total. The number of thioether (sulfide) groups is 1. The monoisotopic (exact) mass is 469 g/mol. The molecule has 2 saturated carbocycles. The Kier molecular flexibility index (Phi) is 6.03. The maximum atomic E-state index is 14.2. The van der Waals surface area contributed by atoms with E-state index in [1.54, 1.807) is 12.1 Å². The van der Waals surface area contributed by atoms with Gasteiger partial charge < -0.3 is 15.0 Å². The van der Waals surface area contributed by atoms with E-state index in [9.17, 15) is 14.0 Å². The van der Waals surface area contributed by atoms with Crippen molar-refractivity contribution < 1.29 is 18.7 Å². The van der Waals surface area contributed by atoms with Crippen molar-refractivity contribution in [1.29, 1.82) is 0 Å². The summed E-state index contributed by atoms with van der Waals surface area (Å²) >= 11 is 1.43. The number of halogens is 1. The molecule has 1 aromatic rings. The Balaban J connectivity index is 1.44. The van der Waals surface area contributed by atoms with Crippen LogP contribution in [0, 0.1) is 17.7 Å². The molecule has 5 rings (SSSR count). The van der Waals surface area contributed by atoms with Crippen LogP contribution in [0.1, 0.15) is 57.1 Å². The average molecular weight is 470 g/mol. The third kappa shape index (κ3) is 4.09. The van der Waals surface area contributed by atoms with Crippen LogP contribution in [0.25, 0.3) is 0 Å². The number of hydrogen-bond acceptors (Lipinski definition) is 6. The molecule has 4 aliphatic rings.